The van der Waals surface area contributed by atoms with Gasteiger partial charge in [0.25, 0.3) is 5.56 Å². The standard InChI is InChI=1S/C25H25N3O5S/c1-15-9-16(2)11-18(10-15)28-24(30)23-19(7-8-34-23)27(25(28)31)14-22(29)26-13-17-5-6-20(32-3)21(12-17)33-4/h5-12H,13-14H2,1-4H3,(H,26,29). The summed E-state index contributed by atoms with van der Waals surface area (Å²) >= 11 is 1.25. The Hall–Kier alpha value is -3.85. The molecule has 0 saturated heterocycles. The molecule has 2 aromatic heterocycles. The molecule has 2 heterocycles. The van der Waals surface area contributed by atoms with Crippen LogP contribution in [0.4, 0.5) is 0 Å². The van der Waals surface area contributed by atoms with Gasteiger partial charge in [0.2, 0.25) is 5.91 Å². The van der Waals surface area contributed by atoms with Gasteiger partial charge in [0, 0.05) is 6.54 Å². The lowest BCUT2D eigenvalue weighted by atomic mass is 10.1. The van der Waals surface area contributed by atoms with Crippen molar-refractivity contribution in [3.05, 3.63) is 85.4 Å². The summed E-state index contributed by atoms with van der Waals surface area (Å²) in [5.41, 5.74) is 2.69. The van der Waals surface area contributed by atoms with E-state index in [0.717, 1.165) is 21.3 Å². The first-order chi connectivity index (χ1) is 16.3. The first kappa shape index (κ1) is 23.3. The van der Waals surface area contributed by atoms with Gasteiger partial charge in [-0.15, -0.1) is 11.3 Å². The van der Waals surface area contributed by atoms with Crippen molar-refractivity contribution in [2.45, 2.75) is 26.9 Å². The molecule has 0 bridgehead atoms. The van der Waals surface area contributed by atoms with Crippen LogP contribution < -0.4 is 26.0 Å². The van der Waals surface area contributed by atoms with Gasteiger partial charge in [0.15, 0.2) is 11.5 Å². The highest BCUT2D eigenvalue weighted by atomic mass is 32.1. The van der Waals surface area contributed by atoms with Crippen LogP contribution in [0, 0.1) is 13.8 Å². The normalized spacial score (nSPS) is 10.9. The molecule has 34 heavy (non-hydrogen) atoms. The van der Waals surface area contributed by atoms with Gasteiger partial charge in [-0.05, 0) is 66.2 Å². The molecule has 9 heteroatoms. The Labute approximate surface area is 200 Å². The van der Waals surface area contributed by atoms with Crippen LogP contribution in [-0.2, 0) is 17.9 Å². The highest BCUT2D eigenvalue weighted by Gasteiger charge is 2.18. The van der Waals surface area contributed by atoms with Crippen LogP contribution in [-0.4, -0.2) is 29.3 Å². The lowest BCUT2D eigenvalue weighted by Gasteiger charge is -2.14. The zero-order valence-corrected chi connectivity index (χ0v) is 20.2. The van der Waals surface area contributed by atoms with Gasteiger partial charge >= 0.3 is 5.69 Å². The maximum atomic E-state index is 13.4. The molecule has 0 unspecified atom stereocenters. The van der Waals surface area contributed by atoms with Gasteiger partial charge in [0.1, 0.15) is 11.2 Å². The fourth-order valence-electron chi connectivity index (χ4n) is 3.94. The number of rotatable bonds is 7. The number of methoxy groups -OCH3 is 2. The third-order valence-electron chi connectivity index (χ3n) is 5.46. The van der Waals surface area contributed by atoms with Crippen LogP contribution in [0.1, 0.15) is 16.7 Å². The average Bonchev–Trinajstić information content (AvgIpc) is 3.30. The van der Waals surface area contributed by atoms with Crippen LogP contribution in [0.2, 0.25) is 0 Å². The van der Waals surface area contributed by atoms with E-state index in [2.05, 4.69) is 5.32 Å². The quantitative estimate of drug-likeness (QED) is 0.440. The third-order valence-corrected chi connectivity index (χ3v) is 6.35. The fourth-order valence-corrected chi connectivity index (χ4v) is 4.76. The number of carbonyl (C=O) groups is 1. The summed E-state index contributed by atoms with van der Waals surface area (Å²) in [4.78, 5) is 39.4. The number of carbonyl (C=O) groups excluding carboxylic acids is 1. The molecular formula is C25H25N3O5S. The molecule has 2 aromatic carbocycles. The minimum atomic E-state index is -0.554. The van der Waals surface area contributed by atoms with Crippen LogP contribution in [0.5, 0.6) is 11.5 Å². The Morgan fingerprint density at radius 3 is 2.35 bits per heavy atom. The fraction of sp³-hybridized carbons (Fsp3) is 0.240. The molecule has 1 amide bonds. The van der Waals surface area contributed by atoms with Crippen molar-refractivity contribution < 1.29 is 14.3 Å². The molecule has 1 N–H and O–H groups in total. The lowest BCUT2D eigenvalue weighted by molar-refractivity contribution is -0.121. The molecule has 0 atom stereocenters. The summed E-state index contributed by atoms with van der Waals surface area (Å²) in [7, 11) is 3.10. The molecule has 4 aromatic rings. The second-order valence-corrected chi connectivity index (χ2v) is 8.87. The number of nitrogens with one attached hydrogen (secondary N) is 1. The van der Waals surface area contributed by atoms with E-state index in [1.165, 1.54) is 15.9 Å². The van der Waals surface area contributed by atoms with Crippen molar-refractivity contribution in [1.82, 2.24) is 14.5 Å². The van der Waals surface area contributed by atoms with E-state index in [1.807, 2.05) is 26.0 Å². The lowest BCUT2D eigenvalue weighted by Crippen LogP contribution is -2.41. The number of thiophene rings is 1. The predicted octanol–water partition coefficient (Wildman–Crippen LogP) is 3.16. The Kier molecular flexibility index (Phi) is 6.56. The first-order valence-electron chi connectivity index (χ1n) is 10.6. The summed E-state index contributed by atoms with van der Waals surface area (Å²) in [5.74, 6) is 0.804. The van der Waals surface area contributed by atoms with Crippen molar-refractivity contribution in [2.75, 3.05) is 14.2 Å². The Morgan fingerprint density at radius 2 is 1.68 bits per heavy atom. The zero-order valence-electron chi connectivity index (χ0n) is 19.4. The van der Waals surface area contributed by atoms with Crippen molar-refractivity contribution in [3.63, 3.8) is 0 Å². The minimum Gasteiger partial charge on any atom is -0.493 e. The maximum absolute atomic E-state index is 13.4. The maximum Gasteiger partial charge on any atom is 0.336 e. The Balaban J connectivity index is 1.66. The van der Waals surface area contributed by atoms with E-state index < -0.39 is 5.69 Å². The topological polar surface area (TPSA) is 91.6 Å². The van der Waals surface area contributed by atoms with Crippen molar-refractivity contribution in [2.24, 2.45) is 0 Å². The van der Waals surface area contributed by atoms with Gasteiger partial charge in [-0.2, -0.15) is 0 Å². The first-order valence-corrected chi connectivity index (χ1v) is 11.5. The highest BCUT2D eigenvalue weighted by Crippen LogP contribution is 2.27. The van der Waals surface area contributed by atoms with E-state index in [-0.39, 0.29) is 24.6 Å². The monoisotopic (exact) mass is 479 g/mol. The average molecular weight is 480 g/mol. The van der Waals surface area contributed by atoms with E-state index in [0.29, 0.717) is 27.4 Å². The van der Waals surface area contributed by atoms with Crippen LogP contribution in [0.25, 0.3) is 15.9 Å². The molecule has 176 valence electrons. The molecule has 0 radical (unpaired) electrons. The van der Waals surface area contributed by atoms with Crippen molar-refractivity contribution >= 4 is 27.5 Å². The van der Waals surface area contributed by atoms with E-state index >= 15 is 0 Å². The number of hydrogen-bond acceptors (Lipinski definition) is 6. The predicted molar refractivity (Wildman–Crippen MR) is 133 cm³/mol. The molecule has 0 aliphatic rings. The molecule has 0 aliphatic carbocycles. The van der Waals surface area contributed by atoms with Crippen molar-refractivity contribution in [1.29, 1.82) is 0 Å². The number of fused-ring (bicyclic) bond motifs is 1. The number of benzene rings is 2. The highest BCUT2D eigenvalue weighted by molar-refractivity contribution is 7.17. The van der Waals surface area contributed by atoms with E-state index in [4.69, 9.17) is 9.47 Å². The molecule has 4 rings (SSSR count). The number of aromatic nitrogens is 2. The SMILES string of the molecule is COc1ccc(CNC(=O)Cn2c(=O)n(-c3cc(C)cc(C)c3)c(=O)c3sccc32)cc1OC. The molecular weight excluding hydrogens is 454 g/mol. The zero-order chi connectivity index (χ0) is 24.4. The number of ether oxygens (including phenoxy) is 2. The van der Waals surface area contributed by atoms with E-state index in [1.54, 1.807) is 49.9 Å². The van der Waals surface area contributed by atoms with Gasteiger partial charge in [-0.3, -0.25) is 14.2 Å². The number of nitrogens with zero attached hydrogens (tertiary/aromatic N) is 2. The van der Waals surface area contributed by atoms with Gasteiger partial charge in [0.05, 0.1) is 25.4 Å². The summed E-state index contributed by atoms with van der Waals surface area (Å²) in [6.07, 6.45) is 0. The second kappa shape index (κ2) is 9.56. The van der Waals surface area contributed by atoms with E-state index in [9.17, 15) is 14.4 Å². The molecule has 0 fully saturated rings. The third kappa shape index (κ3) is 4.47. The summed E-state index contributed by atoms with van der Waals surface area (Å²) in [6, 6.07) is 12.6. The number of amides is 1. The molecule has 8 nitrogen and oxygen atoms in total. The van der Waals surface area contributed by atoms with Crippen LogP contribution >= 0.6 is 11.3 Å². The minimum absolute atomic E-state index is 0.218. The summed E-state index contributed by atoms with van der Waals surface area (Å²) in [6.45, 7) is 3.85. The summed E-state index contributed by atoms with van der Waals surface area (Å²) in [5, 5.41) is 4.58. The molecule has 0 spiro atoms. The Bertz CT molecular complexity index is 1480. The van der Waals surface area contributed by atoms with Crippen LogP contribution in [0.15, 0.2) is 57.4 Å². The van der Waals surface area contributed by atoms with Crippen LogP contribution in [0.3, 0.4) is 0 Å². The molecule has 0 aliphatic heterocycles. The second-order valence-electron chi connectivity index (χ2n) is 7.96. The smallest absolute Gasteiger partial charge is 0.336 e. The van der Waals surface area contributed by atoms with Gasteiger partial charge < -0.3 is 14.8 Å². The molecule has 0 saturated carbocycles. The number of hydrogen-bond donors (Lipinski definition) is 1. The number of aryl methyl sites for hydroxylation is 2. The van der Waals surface area contributed by atoms with Crippen molar-refractivity contribution in [3.8, 4) is 17.2 Å². The van der Waals surface area contributed by atoms with Gasteiger partial charge in [-0.25, -0.2) is 9.36 Å². The van der Waals surface area contributed by atoms with Gasteiger partial charge in [-0.1, -0.05) is 12.1 Å². The Morgan fingerprint density at radius 1 is 0.971 bits per heavy atom. The largest absolute Gasteiger partial charge is 0.493 e. The summed E-state index contributed by atoms with van der Waals surface area (Å²) < 4.78 is 13.4.